The van der Waals surface area contributed by atoms with E-state index in [1.54, 1.807) is 10.7 Å². The second kappa shape index (κ2) is 12.3. The maximum Gasteiger partial charge on any atom is 0.274 e. The summed E-state index contributed by atoms with van der Waals surface area (Å²) >= 11 is 0. The summed E-state index contributed by atoms with van der Waals surface area (Å²) in [5.74, 6) is -0.210. The van der Waals surface area contributed by atoms with Crippen LogP contribution in [0.15, 0.2) is 84.9 Å². The second-order valence-electron chi connectivity index (χ2n) is 9.04. The number of unbranched alkanes of at least 4 members (excludes halogenated alkanes) is 2. The predicted molar refractivity (Wildman–Crippen MR) is 146 cm³/mol. The van der Waals surface area contributed by atoms with E-state index in [1.807, 2.05) is 55.5 Å². The van der Waals surface area contributed by atoms with E-state index >= 15 is 0 Å². The number of aryl methyl sites for hydroxylation is 1. The van der Waals surface area contributed by atoms with Crippen LogP contribution in [-0.2, 0) is 6.54 Å². The maximum atomic E-state index is 13.4. The Kier molecular flexibility index (Phi) is 8.66. The number of rotatable bonds is 11. The Morgan fingerprint density at radius 1 is 0.944 bits per heavy atom. The molecular weight excluding hydrogens is 446 g/mol. The molecule has 0 saturated carbocycles. The highest BCUT2D eigenvalue weighted by atomic mass is 16.2. The van der Waals surface area contributed by atoms with Gasteiger partial charge in [0, 0.05) is 12.2 Å². The van der Waals surface area contributed by atoms with E-state index in [1.165, 1.54) is 18.4 Å². The van der Waals surface area contributed by atoms with E-state index in [9.17, 15) is 4.79 Å². The van der Waals surface area contributed by atoms with Crippen LogP contribution < -0.4 is 16.4 Å². The maximum absolute atomic E-state index is 13.4. The van der Waals surface area contributed by atoms with Crippen molar-refractivity contribution in [1.82, 2.24) is 15.1 Å². The van der Waals surface area contributed by atoms with E-state index in [0.717, 1.165) is 41.2 Å². The molecule has 0 aliphatic heterocycles. The third-order valence-corrected chi connectivity index (χ3v) is 6.19. The Bertz CT molecular complexity index is 1280. The topological polar surface area (TPSA) is 85.0 Å². The lowest BCUT2D eigenvalue weighted by atomic mass is 9.98. The molecule has 0 aliphatic carbocycles. The van der Waals surface area contributed by atoms with E-state index < -0.39 is 0 Å². The molecule has 36 heavy (non-hydrogen) atoms. The highest BCUT2D eigenvalue weighted by Gasteiger charge is 2.18. The Hall–Kier alpha value is -3.74. The molecule has 186 valence electrons. The molecule has 0 bridgehead atoms. The first-order valence-electron chi connectivity index (χ1n) is 12.6. The first-order valence-corrected chi connectivity index (χ1v) is 12.6. The number of nitrogens with one attached hydrogen (secondary N) is 2. The molecule has 0 spiro atoms. The molecule has 6 heteroatoms. The number of amides is 1. The largest absolute Gasteiger partial charge is 0.326 e. The van der Waals surface area contributed by atoms with Crippen LogP contribution in [0.3, 0.4) is 0 Å². The Morgan fingerprint density at radius 2 is 1.72 bits per heavy atom. The van der Waals surface area contributed by atoms with Crippen LogP contribution in [0.4, 0.5) is 5.69 Å². The van der Waals surface area contributed by atoms with Crippen molar-refractivity contribution in [3.63, 3.8) is 0 Å². The number of hydrogen-bond acceptors (Lipinski definition) is 4. The van der Waals surface area contributed by atoms with Crippen molar-refractivity contribution in [2.75, 3.05) is 11.9 Å². The average molecular weight is 482 g/mol. The molecule has 1 amide bonds. The zero-order valence-electron chi connectivity index (χ0n) is 21.1. The number of carbonyl (C=O) groups excluding carboxylic acids is 1. The molecule has 4 aromatic rings. The molecule has 1 atom stereocenters. The fourth-order valence-corrected chi connectivity index (χ4v) is 4.36. The second-order valence-corrected chi connectivity index (χ2v) is 9.04. The molecule has 3 aromatic carbocycles. The Balaban J connectivity index is 1.58. The van der Waals surface area contributed by atoms with Gasteiger partial charge in [-0.15, -0.1) is 0 Å². The number of benzene rings is 3. The minimum absolute atomic E-state index is 0.0479. The first kappa shape index (κ1) is 25.4. The van der Waals surface area contributed by atoms with E-state index in [4.69, 9.17) is 5.73 Å². The van der Waals surface area contributed by atoms with E-state index in [2.05, 4.69) is 53.0 Å². The normalized spacial score (nSPS) is 11.9. The van der Waals surface area contributed by atoms with Gasteiger partial charge in [0.25, 0.3) is 5.91 Å². The van der Waals surface area contributed by atoms with Crippen LogP contribution in [-0.4, -0.2) is 22.2 Å². The lowest BCUT2D eigenvalue weighted by molar-refractivity contribution is 0.101. The van der Waals surface area contributed by atoms with Crippen molar-refractivity contribution in [3.05, 3.63) is 113 Å². The van der Waals surface area contributed by atoms with Crippen molar-refractivity contribution in [2.24, 2.45) is 5.73 Å². The molecular formula is C30H35N5O. The number of anilines is 1. The van der Waals surface area contributed by atoms with Gasteiger partial charge in [0.05, 0.1) is 17.4 Å². The lowest BCUT2D eigenvalue weighted by Gasteiger charge is -2.21. The highest BCUT2D eigenvalue weighted by Crippen LogP contribution is 2.25. The minimum atomic E-state index is -0.210. The monoisotopic (exact) mass is 481 g/mol. The summed E-state index contributed by atoms with van der Waals surface area (Å²) in [5.41, 5.74) is 11.9. The first-order chi connectivity index (χ1) is 17.6. The molecule has 4 rings (SSSR count). The molecule has 0 radical (unpaired) electrons. The number of nitrogens with two attached hydrogens (primary N) is 1. The van der Waals surface area contributed by atoms with Gasteiger partial charge >= 0.3 is 0 Å². The van der Waals surface area contributed by atoms with Crippen LogP contribution in [0.25, 0.3) is 5.69 Å². The third-order valence-electron chi connectivity index (χ3n) is 6.19. The van der Waals surface area contributed by atoms with Gasteiger partial charge in [-0.2, -0.15) is 5.10 Å². The zero-order chi connectivity index (χ0) is 25.3. The lowest BCUT2D eigenvalue weighted by Crippen LogP contribution is -2.24. The number of aromatic nitrogens is 2. The van der Waals surface area contributed by atoms with Gasteiger partial charge in [0.2, 0.25) is 0 Å². The summed E-state index contributed by atoms with van der Waals surface area (Å²) < 4.78 is 1.68. The van der Waals surface area contributed by atoms with Gasteiger partial charge in [-0.3, -0.25) is 4.79 Å². The van der Waals surface area contributed by atoms with Crippen LogP contribution in [0.2, 0.25) is 0 Å². The SMILES string of the molecule is CCCCCNC(c1ccccc1)c1cccc(NC(=O)c2cc(C)nn2-c2cccc(CN)c2)c1. The van der Waals surface area contributed by atoms with Crippen LogP contribution in [0.1, 0.15) is 65.1 Å². The van der Waals surface area contributed by atoms with Crippen molar-refractivity contribution >= 4 is 11.6 Å². The number of nitrogens with zero attached hydrogens (tertiary/aromatic N) is 2. The standard InChI is InChI=1S/C30H35N5O/c1-3-4-8-17-32-29(24-12-6-5-7-13-24)25-14-10-15-26(20-25)33-30(36)28-18-22(2)34-35(28)27-16-9-11-23(19-27)21-31/h5-7,9-16,18-20,29,32H,3-4,8,17,21,31H2,1-2H3,(H,33,36). The summed E-state index contributed by atoms with van der Waals surface area (Å²) in [4.78, 5) is 13.4. The Labute approximate surface area is 213 Å². The van der Waals surface area contributed by atoms with Gasteiger partial charge in [0.1, 0.15) is 5.69 Å². The summed E-state index contributed by atoms with van der Waals surface area (Å²) in [7, 11) is 0. The van der Waals surface area contributed by atoms with Gasteiger partial charge in [-0.05, 0) is 66.9 Å². The third kappa shape index (κ3) is 6.27. The Morgan fingerprint density at radius 3 is 2.50 bits per heavy atom. The van der Waals surface area contributed by atoms with Gasteiger partial charge < -0.3 is 16.4 Å². The molecule has 0 saturated heterocycles. The quantitative estimate of drug-likeness (QED) is 0.238. The minimum Gasteiger partial charge on any atom is -0.326 e. The van der Waals surface area contributed by atoms with Gasteiger partial charge in [-0.25, -0.2) is 4.68 Å². The number of hydrogen-bond donors (Lipinski definition) is 3. The average Bonchev–Trinajstić information content (AvgIpc) is 3.31. The van der Waals surface area contributed by atoms with Crippen molar-refractivity contribution in [1.29, 1.82) is 0 Å². The van der Waals surface area contributed by atoms with E-state index in [0.29, 0.717) is 12.2 Å². The van der Waals surface area contributed by atoms with Gasteiger partial charge in [-0.1, -0.05) is 74.4 Å². The van der Waals surface area contributed by atoms with Crippen molar-refractivity contribution in [2.45, 2.75) is 45.7 Å². The van der Waals surface area contributed by atoms with Crippen LogP contribution in [0, 0.1) is 6.92 Å². The van der Waals surface area contributed by atoms with Crippen LogP contribution >= 0.6 is 0 Å². The zero-order valence-corrected chi connectivity index (χ0v) is 21.1. The molecule has 1 unspecified atom stereocenters. The number of carbonyl (C=O) groups is 1. The van der Waals surface area contributed by atoms with E-state index in [-0.39, 0.29) is 11.9 Å². The molecule has 1 heterocycles. The molecule has 6 nitrogen and oxygen atoms in total. The molecule has 0 fully saturated rings. The summed E-state index contributed by atoms with van der Waals surface area (Å²) in [6.07, 6.45) is 3.52. The molecule has 4 N–H and O–H groups in total. The summed E-state index contributed by atoms with van der Waals surface area (Å²) in [6.45, 7) is 5.46. The fraction of sp³-hybridized carbons (Fsp3) is 0.267. The van der Waals surface area contributed by atoms with Crippen LogP contribution in [0.5, 0.6) is 0 Å². The van der Waals surface area contributed by atoms with Gasteiger partial charge in [0.15, 0.2) is 0 Å². The summed E-state index contributed by atoms with van der Waals surface area (Å²) in [6, 6.07) is 28.1. The summed E-state index contributed by atoms with van der Waals surface area (Å²) in [5, 5.41) is 11.3. The van der Waals surface area contributed by atoms with Crippen molar-refractivity contribution < 1.29 is 4.79 Å². The molecule has 1 aromatic heterocycles. The molecule has 0 aliphatic rings. The fourth-order valence-electron chi connectivity index (χ4n) is 4.36. The van der Waals surface area contributed by atoms with Crippen molar-refractivity contribution in [3.8, 4) is 5.69 Å². The predicted octanol–water partition coefficient (Wildman–Crippen LogP) is 5.76. The highest BCUT2D eigenvalue weighted by molar-refractivity contribution is 6.03. The smallest absolute Gasteiger partial charge is 0.274 e.